The van der Waals surface area contributed by atoms with Crippen molar-refractivity contribution in [3.05, 3.63) is 53.7 Å². The van der Waals surface area contributed by atoms with E-state index in [1.54, 1.807) is 29.0 Å². The van der Waals surface area contributed by atoms with Gasteiger partial charge in [0, 0.05) is 24.4 Å². The van der Waals surface area contributed by atoms with Gasteiger partial charge >= 0.3 is 0 Å². The lowest BCUT2D eigenvalue weighted by Crippen LogP contribution is -2.33. The highest BCUT2D eigenvalue weighted by molar-refractivity contribution is 7.99. The third-order valence-corrected chi connectivity index (χ3v) is 5.18. The van der Waals surface area contributed by atoms with Gasteiger partial charge < -0.3 is 14.1 Å². The summed E-state index contributed by atoms with van der Waals surface area (Å²) in [5.74, 6) is 1.25. The van der Waals surface area contributed by atoms with Gasteiger partial charge in [-0.15, -0.1) is 11.8 Å². The van der Waals surface area contributed by atoms with Crippen LogP contribution in [0.5, 0.6) is 5.75 Å². The highest BCUT2D eigenvalue weighted by Gasteiger charge is 2.24. The first-order valence-electron chi connectivity index (χ1n) is 7.47. The predicted molar refractivity (Wildman–Crippen MR) is 87.4 cm³/mol. The first kappa shape index (κ1) is 15.9. The molecule has 1 saturated heterocycles. The molecule has 6 heteroatoms. The van der Waals surface area contributed by atoms with Crippen LogP contribution < -0.4 is 4.74 Å². The van der Waals surface area contributed by atoms with Crippen LogP contribution in [0, 0.1) is 5.82 Å². The molecule has 23 heavy (non-hydrogen) atoms. The van der Waals surface area contributed by atoms with Crippen molar-refractivity contribution in [1.82, 2.24) is 4.90 Å². The molecule has 1 aliphatic rings. The number of carbonyl (C=O) groups is 1. The minimum atomic E-state index is -0.518. The highest BCUT2D eigenvalue weighted by atomic mass is 32.2. The zero-order valence-corrected chi connectivity index (χ0v) is 13.6. The summed E-state index contributed by atoms with van der Waals surface area (Å²) in [6.45, 7) is 1.28. The van der Waals surface area contributed by atoms with Gasteiger partial charge in [-0.25, -0.2) is 4.39 Å². The van der Waals surface area contributed by atoms with Crippen LogP contribution in [0.1, 0.15) is 27.8 Å². The van der Waals surface area contributed by atoms with Crippen LogP contribution in [-0.4, -0.2) is 36.8 Å². The molecule has 122 valence electrons. The van der Waals surface area contributed by atoms with E-state index in [-0.39, 0.29) is 16.9 Å². The minimum absolute atomic E-state index is 0.144. The molecule has 0 spiro atoms. The molecule has 1 amide bonds. The van der Waals surface area contributed by atoms with Crippen LogP contribution in [0.25, 0.3) is 0 Å². The maximum absolute atomic E-state index is 13.8. The van der Waals surface area contributed by atoms with Crippen molar-refractivity contribution >= 4 is 17.7 Å². The Labute approximate surface area is 138 Å². The summed E-state index contributed by atoms with van der Waals surface area (Å²) in [5, 5.41) is 0.260. The Balaban J connectivity index is 1.69. The lowest BCUT2D eigenvalue weighted by atomic mass is 10.1. The Hall–Kier alpha value is -1.95. The lowest BCUT2D eigenvalue weighted by molar-refractivity contribution is 0.0765. The molecule has 4 nitrogen and oxygen atoms in total. The van der Waals surface area contributed by atoms with E-state index in [1.807, 2.05) is 12.1 Å². The van der Waals surface area contributed by atoms with E-state index in [1.165, 1.54) is 19.2 Å². The van der Waals surface area contributed by atoms with Gasteiger partial charge in [0.2, 0.25) is 0 Å². The van der Waals surface area contributed by atoms with Crippen molar-refractivity contribution in [2.45, 2.75) is 11.7 Å². The molecule has 0 bridgehead atoms. The number of amides is 1. The molecule has 1 aliphatic heterocycles. The number of ether oxygens (including phenoxy) is 1. The molecule has 0 N–H and O–H groups in total. The van der Waals surface area contributed by atoms with Crippen LogP contribution >= 0.6 is 11.8 Å². The SMILES string of the molecule is COc1ccc(C(=O)N2CCSC(c3ccco3)CC2)cc1F. The Morgan fingerprint density at radius 2 is 2.26 bits per heavy atom. The van der Waals surface area contributed by atoms with Crippen LogP contribution in [0.15, 0.2) is 41.0 Å². The van der Waals surface area contributed by atoms with Gasteiger partial charge in [-0.2, -0.15) is 0 Å². The van der Waals surface area contributed by atoms with E-state index in [2.05, 4.69) is 0 Å². The lowest BCUT2D eigenvalue weighted by Gasteiger charge is -2.20. The fourth-order valence-corrected chi connectivity index (χ4v) is 3.84. The van der Waals surface area contributed by atoms with Crippen molar-refractivity contribution in [2.75, 3.05) is 26.0 Å². The van der Waals surface area contributed by atoms with E-state index in [0.29, 0.717) is 18.7 Å². The summed E-state index contributed by atoms with van der Waals surface area (Å²) >= 11 is 1.79. The molecule has 3 rings (SSSR count). The zero-order valence-electron chi connectivity index (χ0n) is 12.8. The second kappa shape index (κ2) is 7.08. The molecule has 1 aromatic carbocycles. The maximum atomic E-state index is 13.8. The van der Waals surface area contributed by atoms with Gasteiger partial charge in [0.15, 0.2) is 11.6 Å². The molecule has 0 aliphatic carbocycles. The zero-order chi connectivity index (χ0) is 16.2. The highest BCUT2D eigenvalue weighted by Crippen LogP contribution is 2.34. The number of benzene rings is 1. The number of methoxy groups -OCH3 is 1. The summed E-state index contributed by atoms with van der Waals surface area (Å²) < 4.78 is 24.1. The second-order valence-electron chi connectivity index (χ2n) is 5.31. The fourth-order valence-electron chi connectivity index (χ4n) is 2.66. The second-order valence-corrected chi connectivity index (χ2v) is 6.62. The Morgan fingerprint density at radius 3 is 2.96 bits per heavy atom. The van der Waals surface area contributed by atoms with E-state index < -0.39 is 5.82 Å². The minimum Gasteiger partial charge on any atom is -0.494 e. The predicted octanol–water partition coefficient (Wildman–Crippen LogP) is 3.75. The molecular weight excluding hydrogens is 317 g/mol. The number of carbonyl (C=O) groups excluding carboxylic acids is 1. The summed E-state index contributed by atoms with van der Waals surface area (Å²) in [7, 11) is 1.40. The van der Waals surface area contributed by atoms with Gasteiger partial charge in [-0.1, -0.05) is 0 Å². The van der Waals surface area contributed by atoms with Gasteiger partial charge in [0.05, 0.1) is 18.6 Å². The van der Waals surface area contributed by atoms with Gasteiger partial charge in [-0.3, -0.25) is 4.79 Å². The first-order valence-corrected chi connectivity index (χ1v) is 8.51. The van der Waals surface area contributed by atoms with Crippen LogP contribution in [0.2, 0.25) is 0 Å². The van der Waals surface area contributed by atoms with Gasteiger partial charge in [0.25, 0.3) is 5.91 Å². The molecule has 0 radical (unpaired) electrons. The van der Waals surface area contributed by atoms with Crippen molar-refractivity contribution in [2.24, 2.45) is 0 Å². The monoisotopic (exact) mass is 335 g/mol. The molecule has 2 aromatic rings. The number of thioether (sulfide) groups is 1. The third-order valence-electron chi connectivity index (χ3n) is 3.89. The topological polar surface area (TPSA) is 42.7 Å². The maximum Gasteiger partial charge on any atom is 0.253 e. The van der Waals surface area contributed by atoms with Crippen LogP contribution in [0.3, 0.4) is 0 Å². The molecule has 2 heterocycles. The number of hydrogen-bond donors (Lipinski definition) is 0. The fraction of sp³-hybridized carbons (Fsp3) is 0.353. The molecule has 1 fully saturated rings. The smallest absolute Gasteiger partial charge is 0.253 e. The summed E-state index contributed by atoms with van der Waals surface area (Å²) in [4.78, 5) is 14.4. The van der Waals surface area contributed by atoms with Crippen molar-refractivity contribution in [1.29, 1.82) is 0 Å². The largest absolute Gasteiger partial charge is 0.494 e. The Kier molecular flexibility index (Phi) is 4.91. The standard InChI is InChI=1S/C17H18FNO3S/c1-21-14-5-4-12(11-13(14)18)17(20)19-7-6-16(23-10-8-19)15-3-2-9-22-15/h2-5,9,11,16H,6-8,10H2,1H3. The van der Waals surface area contributed by atoms with E-state index in [4.69, 9.17) is 9.15 Å². The van der Waals surface area contributed by atoms with Gasteiger partial charge in [-0.05, 0) is 36.8 Å². The Morgan fingerprint density at radius 1 is 1.39 bits per heavy atom. The molecule has 1 unspecified atom stereocenters. The van der Waals surface area contributed by atoms with Crippen molar-refractivity contribution in [3.63, 3.8) is 0 Å². The van der Waals surface area contributed by atoms with Crippen molar-refractivity contribution < 1.29 is 18.3 Å². The normalized spacial score (nSPS) is 18.5. The molecule has 1 aromatic heterocycles. The molecule has 0 saturated carbocycles. The molecule has 1 atom stereocenters. The summed E-state index contributed by atoms with van der Waals surface area (Å²) in [5.41, 5.74) is 0.352. The van der Waals surface area contributed by atoms with Crippen LogP contribution in [-0.2, 0) is 0 Å². The number of furan rings is 1. The number of rotatable bonds is 3. The van der Waals surface area contributed by atoms with Crippen molar-refractivity contribution in [3.8, 4) is 5.75 Å². The quantitative estimate of drug-likeness (QED) is 0.857. The first-order chi connectivity index (χ1) is 11.2. The third kappa shape index (κ3) is 3.52. The number of nitrogens with zero attached hydrogens (tertiary/aromatic N) is 1. The average molecular weight is 335 g/mol. The molecular formula is C17H18FNO3S. The van der Waals surface area contributed by atoms with E-state index >= 15 is 0 Å². The number of hydrogen-bond acceptors (Lipinski definition) is 4. The Bertz CT molecular complexity index is 674. The summed E-state index contributed by atoms with van der Waals surface area (Å²) in [6, 6.07) is 8.17. The summed E-state index contributed by atoms with van der Waals surface area (Å²) in [6.07, 6.45) is 2.49. The van der Waals surface area contributed by atoms with Gasteiger partial charge in [0.1, 0.15) is 5.76 Å². The van der Waals surface area contributed by atoms with Crippen LogP contribution in [0.4, 0.5) is 4.39 Å². The van der Waals surface area contributed by atoms with E-state index in [9.17, 15) is 9.18 Å². The average Bonchev–Trinajstić information content (AvgIpc) is 2.99. The van der Waals surface area contributed by atoms with E-state index in [0.717, 1.165) is 17.9 Å². The number of halogens is 1.